The molecule has 0 aliphatic rings. The Balaban J connectivity index is 2.41. The van der Waals surface area contributed by atoms with Crippen molar-refractivity contribution in [1.82, 2.24) is 0 Å². The second-order valence-corrected chi connectivity index (χ2v) is 6.99. The summed E-state index contributed by atoms with van der Waals surface area (Å²) in [5, 5.41) is 2.59. The molecule has 22 heavy (non-hydrogen) atoms. The summed E-state index contributed by atoms with van der Waals surface area (Å²) in [5.74, 6) is -0.370. The molecule has 0 aliphatic carbocycles. The number of amides is 1. The highest BCUT2D eigenvalue weighted by Crippen LogP contribution is 2.25. The van der Waals surface area contributed by atoms with Crippen LogP contribution in [-0.2, 0) is 14.6 Å². The van der Waals surface area contributed by atoms with Crippen LogP contribution in [0.2, 0.25) is 0 Å². The topological polar surface area (TPSA) is 89.3 Å². The minimum absolute atomic E-state index is 0.129. The fourth-order valence-corrected chi connectivity index (χ4v) is 3.53. The molecular weight excluding hydrogens is 300 g/mol. The van der Waals surface area contributed by atoms with Crippen LogP contribution in [0.1, 0.15) is 12.5 Å². The maximum atomic E-state index is 12.7. The summed E-state index contributed by atoms with van der Waals surface area (Å²) in [5.41, 5.74) is 6.56. The lowest BCUT2D eigenvalue weighted by atomic mass is 10.2. The summed E-state index contributed by atoms with van der Waals surface area (Å²) < 4.78 is 25.4. The Kier molecular flexibility index (Phi) is 4.63. The molecule has 0 fully saturated rings. The SMILES string of the molecule is Cc1ccccc1S(=O)(=O)c1cccc(NC(=O)C(C)N)c1. The highest BCUT2D eigenvalue weighted by atomic mass is 32.2. The number of carbonyl (C=O) groups excluding carboxylic acids is 1. The summed E-state index contributed by atoms with van der Waals surface area (Å²) in [6.45, 7) is 3.30. The Morgan fingerprint density at radius 1 is 1.14 bits per heavy atom. The van der Waals surface area contributed by atoms with E-state index >= 15 is 0 Å². The van der Waals surface area contributed by atoms with Crippen molar-refractivity contribution in [2.45, 2.75) is 29.7 Å². The first-order valence-corrected chi connectivity index (χ1v) is 8.28. The number of sulfone groups is 1. The molecule has 1 atom stereocenters. The van der Waals surface area contributed by atoms with Gasteiger partial charge in [0.05, 0.1) is 15.8 Å². The van der Waals surface area contributed by atoms with Gasteiger partial charge < -0.3 is 11.1 Å². The Bertz CT molecular complexity index is 799. The van der Waals surface area contributed by atoms with Gasteiger partial charge in [0.1, 0.15) is 0 Å². The Morgan fingerprint density at radius 2 is 1.82 bits per heavy atom. The van der Waals surface area contributed by atoms with Gasteiger partial charge in [-0.1, -0.05) is 24.3 Å². The Hall–Kier alpha value is -2.18. The van der Waals surface area contributed by atoms with Crippen LogP contribution in [0.3, 0.4) is 0 Å². The van der Waals surface area contributed by atoms with Crippen LogP contribution >= 0.6 is 0 Å². The highest BCUT2D eigenvalue weighted by molar-refractivity contribution is 7.91. The minimum Gasteiger partial charge on any atom is -0.325 e. The third-order valence-corrected chi connectivity index (χ3v) is 5.12. The van der Waals surface area contributed by atoms with E-state index in [4.69, 9.17) is 5.73 Å². The molecule has 0 heterocycles. The quantitative estimate of drug-likeness (QED) is 0.903. The van der Waals surface area contributed by atoms with Crippen molar-refractivity contribution < 1.29 is 13.2 Å². The zero-order valence-corrected chi connectivity index (χ0v) is 13.2. The summed E-state index contributed by atoms with van der Waals surface area (Å²) >= 11 is 0. The summed E-state index contributed by atoms with van der Waals surface area (Å²) in [6.07, 6.45) is 0. The van der Waals surface area contributed by atoms with Crippen LogP contribution in [0, 0.1) is 6.92 Å². The second kappa shape index (κ2) is 6.29. The van der Waals surface area contributed by atoms with E-state index < -0.39 is 15.9 Å². The van der Waals surface area contributed by atoms with Gasteiger partial charge in [-0.3, -0.25) is 4.79 Å². The molecule has 6 heteroatoms. The number of hydrogen-bond acceptors (Lipinski definition) is 4. The largest absolute Gasteiger partial charge is 0.325 e. The molecule has 2 rings (SSSR count). The number of hydrogen-bond donors (Lipinski definition) is 2. The van der Waals surface area contributed by atoms with Crippen molar-refractivity contribution in [3.05, 3.63) is 54.1 Å². The Labute approximate surface area is 130 Å². The molecule has 0 spiro atoms. The van der Waals surface area contributed by atoms with Crippen molar-refractivity contribution in [2.75, 3.05) is 5.32 Å². The van der Waals surface area contributed by atoms with E-state index in [0.29, 0.717) is 11.3 Å². The molecule has 0 bridgehead atoms. The third-order valence-electron chi connectivity index (χ3n) is 3.21. The third kappa shape index (κ3) is 3.35. The molecular formula is C16H18N2O3S. The van der Waals surface area contributed by atoms with E-state index in [1.165, 1.54) is 12.1 Å². The lowest BCUT2D eigenvalue weighted by molar-refractivity contribution is -0.117. The molecule has 0 aliphatic heterocycles. The maximum absolute atomic E-state index is 12.7. The predicted molar refractivity (Wildman–Crippen MR) is 85.4 cm³/mol. The van der Waals surface area contributed by atoms with Gasteiger partial charge in [0.25, 0.3) is 0 Å². The van der Waals surface area contributed by atoms with Crippen molar-refractivity contribution in [2.24, 2.45) is 5.73 Å². The van der Waals surface area contributed by atoms with Crippen LogP contribution in [0.15, 0.2) is 58.3 Å². The number of nitrogens with one attached hydrogen (secondary N) is 1. The zero-order valence-electron chi connectivity index (χ0n) is 12.4. The van der Waals surface area contributed by atoms with Gasteiger partial charge in [0.2, 0.25) is 15.7 Å². The molecule has 0 aromatic heterocycles. The molecule has 0 saturated carbocycles. The van der Waals surface area contributed by atoms with Crippen LogP contribution < -0.4 is 11.1 Å². The fraction of sp³-hybridized carbons (Fsp3) is 0.188. The minimum atomic E-state index is -3.63. The number of rotatable bonds is 4. The monoisotopic (exact) mass is 318 g/mol. The smallest absolute Gasteiger partial charge is 0.240 e. The van der Waals surface area contributed by atoms with Crippen molar-refractivity contribution in [3.8, 4) is 0 Å². The van der Waals surface area contributed by atoms with E-state index in [-0.39, 0.29) is 15.7 Å². The normalized spacial score (nSPS) is 12.7. The molecule has 1 amide bonds. The van der Waals surface area contributed by atoms with Crippen LogP contribution in [0.5, 0.6) is 0 Å². The van der Waals surface area contributed by atoms with Crippen molar-refractivity contribution in [1.29, 1.82) is 0 Å². The maximum Gasteiger partial charge on any atom is 0.240 e. The van der Waals surface area contributed by atoms with Crippen LogP contribution in [0.25, 0.3) is 0 Å². The number of anilines is 1. The van der Waals surface area contributed by atoms with Gasteiger partial charge in [-0.05, 0) is 43.7 Å². The van der Waals surface area contributed by atoms with Crippen molar-refractivity contribution in [3.63, 3.8) is 0 Å². The van der Waals surface area contributed by atoms with E-state index in [1.54, 1.807) is 50.2 Å². The zero-order chi connectivity index (χ0) is 16.3. The van der Waals surface area contributed by atoms with Crippen molar-refractivity contribution >= 4 is 21.4 Å². The average Bonchev–Trinajstić information content (AvgIpc) is 2.47. The molecule has 2 aromatic carbocycles. The van der Waals surface area contributed by atoms with Gasteiger partial charge >= 0.3 is 0 Å². The summed E-state index contributed by atoms with van der Waals surface area (Å²) in [6, 6.07) is 12.3. The highest BCUT2D eigenvalue weighted by Gasteiger charge is 2.20. The number of benzene rings is 2. The Morgan fingerprint density at radius 3 is 2.45 bits per heavy atom. The molecule has 116 valence electrons. The van der Waals surface area contributed by atoms with Crippen LogP contribution in [0.4, 0.5) is 5.69 Å². The first-order chi connectivity index (χ1) is 10.3. The fourth-order valence-electron chi connectivity index (χ4n) is 1.98. The predicted octanol–water partition coefficient (Wildman–Crippen LogP) is 2.11. The first-order valence-electron chi connectivity index (χ1n) is 6.79. The number of aryl methyl sites for hydroxylation is 1. The average molecular weight is 318 g/mol. The van der Waals surface area contributed by atoms with Gasteiger partial charge in [0, 0.05) is 5.69 Å². The molecule has 5 nitrogen and oxygen atoms in total. The number of nitrogens with two attached hydrogens (primary N) is 1. The first kappa shape index (κ1) is 16.2. The van der Waals surface area contributed by atoms with E-state index in [0.717, 1.165) is 0 Å². The van der Waals surface area contributed by atoms with E-state index in [1.807, 2.05) is 0 Å². The van der Waals surface area contributed by atoms with Gasteiger partial charge in [0.15, 0.2) is 0 Å². The second-order valence-electron chi connectivity index (χ2n) is 5.07. The van der Waals surface area contributed by atoms with E-state index in [2.05, 4.69) is 5.32 Å². The standard InChI is InChI=1S/C16H18N2O3S/c1-11-6-3-4-9-15(11)22(20,21)14-8-5-7-13(10-14)18-16(19)12(2)17/h3-10,12H,17H2,1-2H3,(H,18,19). The molecule has 0 radical (unpaired) electrons. The number of carbonyl (C=O) groups is 1. The lowest BCUT2D eigenvalue weighted by Gasteiger charge is -2.11. The van der Waals surface area contributed by atoms with Gasteiger partial charge in [-0.25, -0.2) is 8.42 Å². The summed E-state index contributed by atoms with van der Waals surface area (Å²) in [7, 11) is -3.63. The molecule has 2 aromatic rings. The summed E-state index contributed by atoms with van der Waals surface area (Å²) in [4.78, 5) is 12.0. The molecule has 3 N–H and O–H groups in total. The van der Waals surface area contributed by atoms with Gasteiger partial charge in [-0.2, -0.15) is 0 Å². The van der Waals surface area contributed by atoms with Crippen LogP contribution in [-0.4, -0.2) is 20.4 Å². The van der Waals surface area contributed by atoms with E-state index in [9.17, 15) is 13.2 Å². The molecule has 0 saturated heterocycles. The molecule has 1 unspecified atom stereocenters. The lowest BCUT2D eigenvalue weighted by Crippen LogP contribution is -2.32. The van der Waals surface area contributed by atoms with Gasteiger partial charge in [-0.15, -0.1) is 0 Å².